The molecule has 0 aromatic heterocycles. The Morgan fingerprint density at radius 1 is 1.36 bits per heavy atom. The molecule has 0 amide bonds. The fourth-order valence-electron chi connectivity index (χ4n) is 2.15. The molecular weight excluding hydrogens is 172 g/mol. The van der Waals surface area contributed by atoms with Crippen molar-refractivity contribution >= 4 is 0 Å². The van der Waals surface area contributed by atoms with Gasteiger partial charge in [0, 0.05) is 19.1 Å². The van der Waals surface area contributed by atoms with Crippen molar-refractivity contribution in [2.24, 2.45) is 5.41 Å². The summed E-state index contributed by atoms with van der Waals surface area (Å²) in [4.78, 5) is 2.54. The Balaban J connectivity index is 2.25. The summed E-state index contributed by atoms with van der Waals surface area (Å²) in [6.07, 6.45) is 4.25. The lowest BCUT2D eigenvalue weighted by atomic mass is 9.87. The normalized spacial score (nSPS) is 18.6. The molecule has 0 unspecified atom stereocenters. The average Bonchev–Trinajstić information content (AvgIpc) is 1.96. The first-order valence-electron chi connectivity index (χ1n) is 5.96. The Kier molecular flexibility index (Phi) is 4.39. The van der Waals surface area contributed by atoms with Crippen LogP contribution in [0.25, 0.3) is 0 Å². The van der Waals surface area contributed by atoms with Crippen LogP contribution in [-0.4, -0.2) is 37.6 Å². The van der Waals surface area contributed by atoms with E-state index in [0.717, 1.165) is 19.1 Å². The summed E-state index contributed by atoms with van der Waals surface area (Å²) < 4.78 is 0. The number of nitrogens with one attached hydrogen (secondary N) is 1. The molecule has 84 valence electrons. The molecule has 1 aliphatic carbocycles. The predicted molar refractivity (Wildman–Crippen MR) is 62.6 cm³/mol. The summed E-state index contributed by atoms with van der Waals surface area (Å²) in [7, 11) is 2.28. The van der Waals surface area contributed by atoms with Gasteiger partial charge in [0.2, 0.25) is 0 Å². The molecule has 1 rings (SSSR count). The Hall–Kier alpha value is -0.0800. The summed E-state index contributed by atoms with van der Waals surface area (Å²) >= 11 is 0. The molecule has 0 aromatic rings. The molecule has 0 atom stereocenters. The molecule has 1 aliphatic rings. The zero-order chi connectivity index (χ0) is 10.6. The van der Waals surface area contributed by atoms with Gasteiger partial charge >= 0.3 is 0 Å². The van der Waals surface area contributed by atoms with Crippen LogP contribution in [0, 0.1) is 5.41 Å². The summed E-state index contributed by atoms with van der Waals surface area (Å²) in [6, 6.07) is 0.871. The van der Waals surface area contributed by atoms with Crippen LogP contribution in [0.1, 0.15) is 40.0 Å². The molecule has 2 nitrogen and oxygen atoms in total. The second kappa shape index (κ2) is 5.13. The summed E-state index contributed by atoms with van der Waals surface area (Å²) in [6.45, 7) is 10.3. The molecule has 0 spiro atoms. The van der Waals surface area contributed by atoms with Gasteiger partial charge in [-0.25, -0.2) is 0 Å². The van der Waals surface area contributed by atoms with Crippen LogP contribution in [0.3, 0.4) is 0 Å². The highest BCUT2D eigenvalue weighted by Crippen LogP contribution is 2.26. The molecule has 0 heterocycles. The number of rotatable bonds is 6. The molecule has 0 radical (unpaired) electrons. The maximum absolute atomic E-state index is 3.44. The molecule has 1 saturated carbocycles. The van der Waals surface area contributed by atoms with Crippen molar-refractivity contribution in [3.63, 3.8) is 0 Å². The van der Waals surface area contributed by atoms with E-state index in [2.05, 4.69) is 38.0 Å². The molecule has 0 aliphatic heterocycles. The molecule has 1 fully saturated rings. The fraction of sp³-hybridized carbons (Fsp3) is 1.00. The number of hydrogen-bond donors (Lipinski definition) is 1. The quantitative estimate of drug-likeness (QED) is 0.703. The van der Waals surface area contributed by atoms with Crippen LogP contribution in [-0.2, 0) is 0 Å². The topological polar surface area (TPSA) is 15.3 Å². The largest absolute Gasteiger partial charge is 0.316 e. The van der Waals surface area contributed by atoms with Crippen molar-refractivity contribution in [1.82, 2.24) is 10.2 Å². The SMILES string of the molecule is CCNCC(C)(C)CN(C)C1CCC1. The van der Waals surface area contributed by atoms with Gasteiger partial charge in [-0.05, 0) is 31.8 Å². The minimum atomic E-state index is 0.403. The van der Waals surface area contributed by atoms with Gasteiger partial charge < -0.3 is 10.2 Å². The van der Waals surface area contributed by atoms with E-state index in [1.807, 2.05) is 0 Å². The second-order valence-corrected chi connectivity index (χ2v) is 5.44. The molecule has 14 heavy (non-hydrogen) atoms. The van der Waals surface area contributed by atoms with Crippen molar-refractivity contribution in [3.05, 3.63) is 0 Å². The third-order valence-corrected chi connectivity index (χ3v) is 3.23. The fourth-order valence-corrected chi connectivity index (χ4v) is 2.15. The first-order chi connectivity index (χ1) is 6.55. The van der Waals surface area contributed by atoms with Gasteiger partial charge in [0.15, 0.2) is 0 Å². The maximum atomic E-state index is 3.44. The highest BCUT2D eigenvalue weighted by Gasteiger charge is 2.27. The van der Waals surface area contributed by atoms with Crippen LogP contribution in [0.4, 0.5) is 0 Å². The van der Waals surface area contributed by atoms with Crippen molar-refractivity contribution in [3.8, 4) is 0 Å². The van der Waals surface area contributed by atoms with Gasteiger partial charge in [-0.1, -0.05) is 27.2 Å². The van der Waals surface area contributed by atoms with Crippen LogP contribution < -0.4 is 5.32 Å². The molecule has 1 N–H and O–H groups in total. The predicted octanol–water partition coefficient (Wildman–Crippen LogP) is 2.11. The van der Waals surface area contributed by atoms with Gasteiger partial charge in [0.05, 0.1) is 0 Å². The van der Waals surface area contributed by atoms with Crippen molar-refractivity contribution in [2.45, 2.75) is 46.1 Å². The minimum absolute atomic E-state index is 0.403. The monoisotopic (exact) mass is 198 g/mol. The van der Waals surface area contributed by atoms with E-state index in [-0.39, 0.29) is 0 Å². The lowest BCUT2D eigenvalue weighted by Gasteiger charge is -2.39. The van der Waals surface area contributed by atoms with Crippen molar-refractivity contribution in [2.75, 3.05) is 26.7 Å². The van der Waals surface area contributed by atoms with Gasteiger partial charge in [-0.15, -0.1) is 0 Å². The Morgan fingerprint density at radius 3 is 2.43 bits per heavy atom. The zero-order valence-electron chi connectivity index (χ0n) is 10.3. The smallest absolute Gasteiger partial charge is 0.00924 e. The van der Waals surface area contributed by atoms with E-state index in [0.29, 0.717) is 5.41 Å². The average molecular weight is 198 g/mol. The maximum Gasteiger partial charge on any atom is 0.00924 e. The van der Waals surface area contributed by atoms with E-state index >= 15 is 0 Å². The zero-order valence-corrected chi connectivity index (χ0v) is 10.3. The molecule has 0 aromatic carbocycles. The van der Waals surface area contributed by atoms with Crippen LogP contribution >= 0.6 is 0 Å². The first-order valence-corrected chi connectivity index (χ1v) is 5.96. The number of nitrogens with zero attached hydrogens (tertiary/aromatic N) is 1. The highest BCUT2D eigenvalue weighted by molar-refractivity contribution is 4.82. The molecule has 0 saturated heterocycles. The van der Waals surface area contributed by atoms with Gasteiger partial charge in [-0.2, -0.15) is 0 Å². The third-order valence-electron chi connectivity index (χ3n) is 3.23. The van der Waals surface area contributed by atoms with Crippen LogP contribution in [0.2, 0.25) is 0 Å². The molecular formula is C12H26N2. The van der Waals surface area contributed by atoms with E-state index in [1.165, 1.54) is 25.8 Å². The van der Waals surface area contributed by atoms with E-state index in [9.17, 15) is 0 Å². The Bertz CT molecular complexity index is 162. The van der Waals surface area contributed by atoms with Crippen LogP contribution in [0.5, 0.6) is 0 Å². The lowest BCUT2D eigenvalue weighted by molar-refractivity contribution is 0.109. The standard InChI is InChI=1S/C12H26N2/c1-5-13-9-12(2,3)10-14(4)11-7-6-8-11/h11,13H,5-10H2,1-4H3. The van der Waals surface area contributed by atoms with Crippen LogP contribution in [0.15, 0.2) is 0 Å². The highest BCUT2D eigenvalue weighted by atomic mass is 15.1. The van der Waals surface area contributed by atoms with Crippen molar-refractivity contribution < 1.29 is 0 Å². The first kappa shape index (κ1) is 12.0. The third kappa shape index (κ3) is 3.58. The van der Waals surface area contributed by atoms with E-state index in [4.69, 9.17) is 0 Å². The Labute approximate surface area is 89.1 Å². The van der Waals surface area contributed by atoms with E-state index < -0.39 is 0 Å². The van der Waals surface area contributed by atoms with E-state index in [1.54, 1.807) is 0 Å². The summed E-state index contributed by atoms with van der Waals surface area (Å²) in [5, 5.41) is 3.44. The minimum Gasteiger partial charge on any atom is -0.316 e. The number of hydrogen-bond acceptors (Lipinski definition) is 2. The van der Waals surface area contributed by atoms with Gasteiger partial charge in [-0.3, -0.25) is 0 Å². The lowest BCUT2D eigenvalue weighted by Crippen LogP contribution is -2.45. The molecule has 2 heteroatoms. The second-order valence-electron chi connectivity index (χ2n) is 5.44. The molecule has 0 bridgehead atoms. The van der Waals surface area contributed by atoms with Gasteiger partial charge in [0.1, 0.15) is 0 Å². The van der Waals surface area contributed by atoms with Gasteiger partial charge in [0.25, 0.3) is 0 Å². The summed E-state index contributed by atoms with van der Waals surface area (Å²) in [5.74, 6) is 0. The summed E-state index contributed by atoms with van der Waals surface area (Å²) in [5.41, 5.74) is 0.403. The Morgan fingerprint density at radius 2 is 2.00 bits per heavy atom. The van der Waals surface area contributed by atoms with Crippen molar-refractivity contribution in [1.29, 1.82) is 0 Å².